The van der Waals surface area contributed by atoms with E-state index in [4.69, 9.17) is 5.26 Å². The minimum absolute atomic E-state index is 0.0210. The van der Waals surface area contributed by atoms with Crippen molar-refractivity contribution in [2.24, 2.45) is 0 Å². The van der Waals surface area contributed by atoms with Gasteiger partial charge in [0, 0.05) is 6.20 Å². The van der Waals surface area contributed by atoms with E-state index in [1.54, 1.807) is 24.4 Å². The van der Waals surface area contributed by atoms with Crippen LogP contribution in [-0.2, 0) is 0 Å². The molecule has 72 valence electrons. The van der Waals surface area contributed by atoms with Gasteiger partial charge < -0.3 is 5.11 Å². The Kier molecular flexibility index (Phi) is 2.30. The quantitative estimate of drug-likeness (QED) is 0.755. The molecule has 0 spiro atoms. The van der Waals surface area contributed by atoms with Gasteiger partial charge in [-0.3, -0.25) is 4.98 Å². The Hall–Kier alpha value is -2.41. The van der Waals surface area contributed by atoms with Gasteiger partial charge >= 0.3 is 0 Å². The van der Waals surface area contributed by atoms with E-state index in [2.05, 4.69) is 9.97 Å². The highest BCUT2D eigenvalue weighted by Gasteiger charge is 2.07. The fourth-order valence-electron chi connectivity index (χ4n) is 1.21. The van der Waals surface area contributed by atoms with E-state index in [1.165, 1.54) is 12.1 Å². The zero-order valence-electron chi connectivity index (χ0n) is 7.75. The molecule has 0 saturated carbocycles. The molecule has 0 aliphatic carbocycles. The molecule has 1 N–H and O–H groups in total. The molecular weight excluding hydrogens is 190 g/mol. The maximum Gasteiger partial charge on any atom is 0.143 e. The van der Waals surface area contributed by atoms with E-state index in [1.807, 2.05) is 6.07 Å². The molecule has 0 radical (unpaired) electrons. The lowest BCUT2D eigenvalue weighted by Crippen LogP contribution is -1.90. The average molecular weight is 197 g/mol. The Bertz CT molecular complexity index is 517. The largest absolute Gasteiger partial charge is 0.506 e. The number of pyridine rings is 2. The van der Waals surface area contributed by atoms with Crippen molar-refractivity contribution in [3.63, 3.8) is 0 Å². The molecule has 0 bridgehead atoms. The summed E-state index contributed by atoms with van der Waals surface area (Å²) in [7, 11) is 0. The lowest BCUT2D eigenvalue weighted by Gasteiger charge is -2.02. The Morgan fingerprint density at radius 1 is 1.20 bits per heavy atom. The molecule has 0 fully saturated rings. The molecule has 0 unspecified atom stereocenters. The summed E-state index contributed by atoms with van der Waals surface area (Å²) in [4.78, 5) is 8.04. The summed E-state index contributed by atoms with van der Waals surface area (Å²) in [6.07, 6.45) is 1.61. The van der Waals surface area contributed by atoms with Crippen LogP contribution in [0.5, 0.6) is 5.75 Å². The Balaban J connectivity index is 2.58. The van der Waals surface area contributed by atoms with Gasteiger partial charge in [-0.05, 0) is 24.3 Å². The van der Waals surface area contributed by atoms with Crippen molar-refractivity contribution < 1.29 is 5.11 Å². The van der Waals surface area contributed by atoms with E-state index in [0.717, 1.165) is 0 Å². The third-order valence-electron chi connectivity index (χ3n) is 1.90. The fourth-order valence-corrected chi connectivity index (χ4v) is 1.21. The second-order valence-electron chi connectivity index (χ2n) is 2.89. The van der Waals surface area contributed by atoms with E-state index in [0.29, 0.717) is 11.4 Å². The summed E-state index contributed by atoms with van der Waals surface area (Å²) >= 11 is 0. The molecular formula is C11H7N3O. The van der Waals surface area contributed by atoms with Crippen LogP contribution >= 0.6 is 0 Å². The third-order valence-corrected chi connectivity index (χ3v) is 1.90. The first kappa shape index (κ1) is 9.16. The monoisotopic (exact) mass is 197 g/mol. The first-order valence-corrected chi connectivity index (χ1v) is 4.33. The summed E-state index contributed by atoms with van der Waals surface area (Å²) in [5.74, 6) is 0.0210. The van der Waals surface area contributed by atoms with Crippen molar-refractivity contribution in [3.05, 3.63) is 42.2 Å². The molecule has 2 heterocycles. The zero-order chi connectivity index (χ0) is 10.7. The van der Waals surface area contributed by atoms with E-state index >= 15 is 0 Å². The van der Waals surface area contributed by atoms with Gasteiger partial charge in [0.05, 0.1) is 5.69 Å². The summed E-state index contributed by atoms with van der Waals surface area (Å²) in [5.41, 5.74) is 1.13. The second kappa shape index (κ2) is 3.76. The van der Waals surface area contributed by atoms with Gasteiger partial charge in [0.15, 0.2) is 0 Å². The number of nitrogens with zero attached hydrogens (tertiary/aromatic N) is 3. The first-order valence-electron chi connectivity index (χ1n) is 4.33. The van der Waals surface area contributed by atoms with E-state index in [-0.39, 0.29) is 11.4 Å². The number of rotatable bonds is 1. The average Bonchev–Trinajstić information content (AvgIpc) is 2.31. The van der Waals surface area contributed by atoms with Crippen LogP contribution in [-0.4, -0.2) is 15.1 Å². The van der Waals surface area contributed by atoms with Crippen molar-refractivity contribution >= 4 is 0 Å². The highest BCUT2D eigenvalue weighted by molar-refractivity contribution is 5.62. The van der Waals surface area contributed by atoms with Crippen LogP contribution in [0.1, 0.15) is 5.69 Å². The van der Waals surface area contributed by atoms with Gasteiger partial charge in [0.25, 0.3) is 0 Å². The predicted molar refractivity (Wildman–Crippen MR) is 53.8 cm³/mol. The first-order chi connectivity index (χ1) is 7.31. The molecule has 0 aliphatic heterocycles. The van der Waals surface area contributed by atoms with Crippen LogP contribution in [0.25, 0.3) is 11.4 Å². The summed E-state index contributed by atoms with van der Waals surface area (Å²) < 4.78 is 0. The number of aromatic hydroxyl groups is 1. The van der Waals surface area contributed by atoms with Gasteiger partial charge in [-0.15, -0.1) is 0 Å². The normalized spacial score (nSPS) is 9.53. The van der Waals surface area contributed by atoms with Crippen LogP contribution in [0, 0.1) is 11.3 Å². The molecule has 0 saturated heterocycles. The molecule has 4 nitrogen and oxygen atoms in total. The highest BCUT2D eigenvalue weighted by atomic mass is 16.3. The summed E-state index contributed by atoms with van der Waals surface area (Å²) in [6.45, 7) is 0. The minimum atomic E-state index is 0.0210. The number of aromatic nitrogens is 2. The van der Waals surface area contributed by atoms with Crippen molar-refractivity contribution in [1.29, 1.82) is 5.26 Å². The summed E-state index contributed by atoms with van der Waals surface area (Å²) in [5, 5.41) is 18.3. The van der Waals surface area contributed by atoms with E-state index in [9.17, 15) is 5.11 Å². The lowest BCUT2D eigenvalue weighted by molar-refractivity contribution is 0.474. The molecule has 0 aromatic carbocycles. The molecule has 2 aromatic heterocycles. The molecule has 2 aromatic rings. The Morgan fingerprint density at radius 3 is 2.73 bits per heavy atom. The van der Waals surface area contributed by atoms with Gasteiger partial charge in [-0.1, -0.05) is 6.07 Å². The fraction of sp³-hybridized carbons (Fsp3) is 0. The molecule has 0 amide bonds. The van der Waals surface area contributed by atoms with Crippen LogP contribution in [0.4, 0.5) is 0 Å². The summed E-state index contributed by atoms with van der Waals surface area (Å²) in [6, 6.07) is 10.1. The Morgan fingerprint density at radius 2 is 2.07 bits per heavy atom. The van der Waals surface area contributed by atoms with Gasteiger partial charge in [0.2, 0.25) is 0 Å². The number of nitriles is 1. The van der Waals surface area contributed by atoms with Gasteiger partial charge in [0.1, 0.15) is 23.2 Å². The molecule has 15 heavy (non-hydrogen) atoms. The number of hydrogen-bond donors (Lipinski definition) is 1. The molecule has 0 atom stereocenters. The lowest BCUT2D eigenvalue weighted by atomic mass is 10.2. The molecule has 2 rings (SSSR count). The van der Waals surface area contributed by atoms with Gasteiger partial charge in [-0.2, -0.15) is 5.26 Å². The molecule has 0 aliphatic rings. The van der Waals surface area contributed by atoms with Crippen LogP contribution in [0.2, 0.25) is 0 Å². The molecule has 4 heteroatoms. The van der Waals surface area contributed by atoms with Crippen molar-refractivity contribution in [3.8, 4) is 23.2 Å². The minimum Gasteiger partial charge on any atom is -0.506 e. The van der Waals surface area contributed by atoms with Crippen LogP contribution in [0.15, 0.2) is 36.5 Å². The second-order valence-corrected chi connectivity index (χ2v) is 2.89. The van der Waals surface area contributed by atoms with Crippen LogP contribution < -0.4 is 0 Å². The van der Waals surface area contributed by atoms with Crippen molar-refractivity contribution in [2.75, 3.05) is 0 Å². The standard InChI is InChI=1S/C11H7N3O/c12-7-8-4-5-10(15)11(14-8)9-3-1-2-6-13-9/h1-6,15H. The van der Waals surface area contributed by atoms with Crippen LogP contribution in [0.3, 0.4) is 0 Å². The van der Waals surface area contributed by atoms with Crippen molar-refractivity contribution in [1.82, 2.24) is 9.97 Å². The topological polar surface area (TPSA) is 69.8 Å². The SMILES string of the molecule is N#Cc1ccc(O)c(-c2ccccn2)n1. The third kappa shape index (κ3) is 1.76. The maximum atomic E-state index is 9.57. The van der Waals surface area contributed by atoms with Gasteiger partial charge in [-0.25, -0.2) is 4.98 Å². The smallest absolute Gasteiger partial charge is 0.143 e. The Labute approximate surface area is 86.5 Å². The van der Waals surface area contributed by atoms with Crippen molar-refractivity contribution in [2.45, 2.75) is 0 Å². The van der Waals surface area contributed by atoms with E-state index < -0.39 is 0 Å². The zero-order valence-corrected chi connectivity index (χ0v) is 7.75. The maximum absolute atomic E-state index is 9.57. The predicted octanol–water partition coefficient (Wildman–Crippen LogP) is 1.72. The number of hydrogen-bond acceptors (Lipinski definition) is 4. The highest BCUT2D eigenvalue weighted by Crippen LogP contribution is 2.24.